The van der Waals surface area contributed by atoms with E-state index in [2.05, 4.69) is 17.3 Å². The molecule has 4 nitrogen and oxygen atoms in total. The van der Waals surface area contributed by atoms with Crippen LogP contribution in [0.5, 0.6) is 0 Å². The molecule has 90 valence electrons. The quantitative estimate of drug-likeness (QED) is 0.804. The van der Waals surface area contributed by atoms with Gasteiger partial charge in [0.05, 0.1) is 0 Å². The van der Waals surface area contributed by atoms with Crippen LogP contribution in [0, 0.1) is 0 Å². The van der Waals surface area contributed by atoms with E-state index in [1.807, 2.05) is 12.1 Å². The van der Waals surface area contributed by atoms with Gasteiger partial charge in [-0.1, -0.05) is 29.4 Å². The molecule has 0 spiro atoms. The Balaban J connectivity index is 2.02. The molecule has 0 fully saturated rings. The van der Waals surface area contributed by atoms with E-state index < -0.39 is 0 Å². The lowest BCUT2D eigenvalue weighted by Gasteiger charge is -2.02. The van der Waals surface area contributed by atoms with Gasteiger partial charge in [-0.05, 0) is 18.4 Å². The van der Waals surface area contributed by atoms with Crippen molar-refractivity contribution in [2.45, 2.75) is 12.8 Å². The summed E-state index contributed by atoms with van der Waals surface area (Å²) in [6, 6.07) is 9.96. The highest BCUT2D eigenvalue weighted by Crippen LogP contribution is 2.20. The van der Waals surface area contributed by atoms with Gasteiger partial charge >= 0.3 is 0 Å². The van der Waals surface area contributed by atoms with Crippen molar-refractivity contribution in [3.63, 3.8) is 0 Å². The number of nitrogens with two attached hydrogens (primary N) is 1. The Bertz CT molecular complexity index is 463. The molecule has 0 amide bonds. The fourth-order valence-electron chi connectivity index (χ4n) is 1.69. The summed E-state index contributed by atoms with van der Waals surface area (Å²) in [5, 5.41) is 3.87. The first-order valence-electron chi connectivity index (χ1n) is 5.60. The number of benzene rings is 1. The summed E-state index contributed by atoms with van der Waals surface area (Å²) in [5.74, 6) is 0.337. The molecule has 4 heteroatoms. The van der Waals surface area contributed by atoms with Crippen molar-refractivity contribution < 1.29 is 9.26 Å². The van der Waals surface area contributed by atoms with Crippen LogP contribution in [0.15, 0.2) is 34.9 Å². The van der Waals surface area contributed by atoms with Crippen LogP contribution < -0.4 is 5.73 Å². The van der Waals surface area contributed by atoms with Crippen LogP contribution in [0.1, 0.15) is 12.0 Å². The Hall–Kier alpha value is -1.81. The number of hydrogen-bond acceptors (Lipinski definition) is 4. The van der Waals surface area contributed by atoms with Crippen molar-refractivity contribution in [3.05, 3.63) is 35.9 Å². The standard InChI is InChI=1S/C13H16N2O2/c1-16-8-2-3-10-4-6-11(7-5-10)12-9-13(14)17-15-12/h4-7,9H,2-3,8,14H2,1H3. The van der Waals surface area contributed by atoms with Gasteiger partial charge in [0, 0.05) is 25.3 Å². The Morgan fingerprint density at radius 1 is 1.29 bits per heavy atom. The fraction of sp³-hybridized carbons (Fsp3) is 0.308. The summed E-state index contributed by atoms with van der Waals surface area (Å²) in [4.78, 5) is 0. The molecule has 17 heavy (non-hydrogen) atoms. The molecular formula is C13H16N2O2. The number of nitrogen functional groups attached to an aromatic ring is 1. The van der Waals surface area contributed by atoms with Crippen molar-refractivity contribution in [1.82, 2.24) is 5.16 Å². The summed E-state index contributed by atoms with van der Waals surface area (Å²) in [7, 11) is 1.72. The van der Waals surface area contributed by atoms with E-state index in [1.54, 1.807) is 13.2 Å². The molecule has 2 rings (SSSR count). The third-order valence-electron chi connectivity index (χ3n) is 2.59. The molecule has 1 heterocycles. The van der Waals surface area contributed by atoms with E-state index in [0.717, 1.165) is 30.7 Å². The maximum absolute atomic E-state index is 5.48. The predicted octanol–water partition coefficient (Wildman–Crippen LogP) is 2.50. The van der Waals surface area contributed by atoms with E-state index >= 15 is 0 Å². The SMILES string of the molecule is COCCCc1ccc(-c2cc(N)on2)cc1. The highest BCUT2D eigenvalue weighted by Gasteiger charge is 2.03. The number of aromatic nitrogens is 1. The molecule has 0 atom stereocenters. The predicted molar refractivity (Wildman–Crippen MR) is 66.5 cm³/mol. The molecule has 0 aliphatic carbocycles. The molecule has 2 N–H and O–H groups in total. The van der Waals surface area contributed by atoms with Crippen LogP contribution in [0.2, 0.25) is 0 Å². The summed E-state index contributed by atoms with van der Waals surface area (Å²) < 4.78 is 9.86. The number of nitrogens with zero attached hydrogens (tertiary/aromatic N) is 1. The maximum Gasteiger partial charge on any atom is 0.222 e. The minimum absolute atomic E-state index is 0.337. The van der Waals surface area contributed by atoms with Gasteiger partial charge in [0.1, 0.15) is 5.69 Å². The smallest absolute Gasteiger partial charge is 0.222 e. The number of aryl methyl sites for hydroxylation is 1. The van der Waals surface area contributed by atoms with Crippen molar-refractivity contribution >= 4 is 5.88 Å². The van der Waals surface area contributed by atoms with Gasteiger partial charge in [-0.2, -0.15) is 0 Å². The molecule has 0 saturated heterocycles. The Kier molecular flexibility index (Phi) is 3.77. The van der Waals surface area contributed by atoms with Gasteiger partial charge < -0.3 is 15.0 Å². The first kappa shape index (κ1) is 11.7. The number of hydrogen-bond donors (Lipinski definition) is 1. The molecule has 0 saturated carbocycles. The van der Waals surface area contributed by atoms with Gasteiger partial charge in [-0.3, -0.25) is 0 Å². The molecule has 0 aliphatic rings. The zero-order valence-corrected chi connectivity index (χ0v) is 9.85. The van der Waals surface area contributed by atoms with Crippen molar-refractivity contribution in [3.8, 4) is 11.3 Å². The average molecular weight is 232 g/mol. The Morgan fingerprint density at radius 2 is 2.06 bits per heavy atom. The van der Waals surface area contributed by atoms with E-state index in [1.165, 1.54) is 5.56 Å². The summed E-state index contributed by atoms with van der Waals surface area (Å²) in [6.45, 7) is 0.793. The third kappa shape index (κ3) is 3.07. The molecular weight excluding hydrogens is 216 g/mol. The van der Waals surface area contributed by atoms with Crippen molar-refractivity contribution in [1.29, 1.82) is 0 Å². The Labute approximate surface area is 100 Å². The van der Waals surface area contributed by atoms with Gasteiger partial charge in [0.2, 0.25) is 5.88 Å². The molecule has 1 aromatic heterocycles. The molecule has 0 bridgehead atoms. The summed E-state index contributed by atoms with van der Waals surface area (Å²) in [5.41, 5.74) is 8.56. The Morgan fingerprint density at radius 3 is 2.65 bits per heavy atom. The number of rotatable bonds is 5. The minimum Gasteiger partial charge on any atom is -0.385 e. The molecule has 0 aliphatic heterocycles. The van der Waals surface area contributed by atoms with Crippen molar-refractivity contribution in [2.75, 3.05) is 19.5 Å². The van der Waals surface area contributed by atoms with Gasteiger partial charge in [0.15, 0.2) is 0 Å². The second kappa shape index (κ2) is 5.50. The zero-order valence-electron chi connectivity index (χ0n) is 9.85. The molecule has 0 radical (unpaired) electrons. The second-order valence-electron chi connectivity index (χ2n) is 3.91. The monoisotopic (exact) mass is 232 g/mol. The third-order valence-corrected chi connectivity index (χ3v) is 2.59. The van der Waals surface area contributed by atoms with E-state index in [4.69, 9.17) is 15.0 Å². The first-order valence-corrected chi connectivity index (χ1v) is 5.60. The van der Waals surface area contributed by atoms with Gasteiger partial charge in [-0.25, -0.2) is 0 Å². The lowest BCUT2D eigenvalue weighted by Crippen LogP contribution is -1.92. The zero-order chi connectivity index (χ0) is 12.1. The van der Waals surface area contributed by atoms with Crippen LogP contribution in [0.4, 0.5) is 5.88 Å². The lowest BCUT2D eigenvalue weighted by molar-refractivity contribution is 0.195. The van der Waals surface area contributed by atoms with Gasteiger partial charge in [0.25, 0.3) is 0 Å². The number of ether oxygens (including phenoxy) is 1. The van der Waals surface area contributed by atoms with Crippen molar-refractivity contribution in [2.24, 2.45) is 0 Å². The second-order valence-corrected chi connectivity index (χ2v) is 3.91. The van der Waals surface area contributed by atoms with E-state index in [0.29, 0.717) is 5.88 Å². The highest BCUT2D eigenvalue weighted by atomic mass is 16.5. The largest absolute Gasteiger partial charge is 0.385 e. The number of methoxy groups -OCH3 is 1. The maximum atomic E-state index is 5.48. The lowest BCUT2D eigenvalue weighted by atomic mass is 10.1. The van der Waals surface area contributed by atoms with Crippen LogP contribution in [-0.4, -0.2) is 18.9 Å². The normalized spacial score (nSPS) is 10.6. The number of anilines is 1. The van der Waals surface area contributed by atoms with E-state index in [9.17, 15) is 0 Å². The average Bonchev–Trinajstić information content (AvgIpc) is 2.77. The van der Waals surface area contributed by atoms with Crippen LogP contribution in [0.3, 0.4) is 0 Å². The minimum atomic E-state index is 0.337. The van der Waals surface area contributed by atoms with Crippen LogP contribution in [-0.2, 0) is 11.2 Å². The van der Waals surface area contributed by atoms with Crippen LogP contribution >= 0.6 is 0 Å². The first-order chi connectivity index (χ1) is 8.29. The summed E-state index contributed by atoms with van der Waals surface area (Å²) >= 11 is 0. The van der Waals surface area contributed by atoms with Gasteiger partial charge in [-0.15, -0.1) is 0 Å². The summed E-state index contributed by atoms with van der Waals surface area (Å²) in [6.07, 6.45) is 2.06. The van der Waals surface area contributed by atoms with E-state index in [-0.39, 0.29) is 0 Å². The molecule has 0 unspecified atom stereocenters. The fourth-order valence-corrected chi connectivity index (χ4v) is 1.69. The van der Waals surface area contributed by atoms with Crippen LogP contribution in [0.25, 0.3) is 11.3 Å². The highest BCUT2D eigenvalue weighted by molar-refractivity contribution is 5.61. The molecule has 1 aromatic carbocycles. The molecule has 2 aromatic rings. The topological polar surface area (TPSA) is 61.3 Å².